The van der Waals surface area contributed by atoms with Crippen LogP contribution >= 0.6 is 0 Å². The summed E-state index contributed by atoms with van der Waals surface area (Å²) >= 11 is 0. The van der Waals surface area contributed by atoms with Gasteiger partial charge in [-0.15, -0.1) is 0 Å². The molecule has 2 unspecified atom stereocenters. The first-order chi connectivity index (χ1) is 19.6. The van der Waals surface area contributed by atoms with Gasteiger partial charge in [-0.05, 0) is 31.1 Å². The maximum atomic E-state index is 11.8. The Hall–Kier alpha value is -0.0800. The molecule has 2 atom stereocenters. The Balaban J connectivity index is 5.06. The Morgan fingerprint density at radius 3 is 0.900 bits per heavy atom. The Bertz CT molecular complexity index is 435. The zero-order chi connectivity index (χ0) is 29.6. The quantitative estimate of drug-likeness (QED) is 0.0775. The van der Waals surface area contributed by atoms with Crippen molar-refractivity contribution in [1.82, 2.24) is 0 Å². The molecule has 2 nitrogen and oxygen atoms in total. The molecule has 0 rings (SSSR count). The van der Waals surface area contributed by atoms with E-state index in [0.29, 0.717) is 0 Å². The van der Waals surface area contributed by atoms with Crippen LogP contribution in [0.4, 0.5) is 0 Å². The van der Waals surface area contributed by atoms with Crippen molar-refractivity contribution in [3.8, 4) is 0 Å². The summed E-state index contributed by atoms with van der Waals surface area (Å²) in [5, 5.41) is 23.1. The Morgan fingerprint density at radius 1 is 0.350 bits per heavy atom. The zero-order valence-corrected chi connectivity index (χ0v) is 28.5. The van der Waals surface area contributed by atoms with Crippen molar-refractivity contribution in [3.05, 3.63) is 0 Å². The third-order valence-electron chi connectivity index (χ3n) is 9.68. The van der Waals surface area contributed by atoms with Crippen LogP contribution in [0, 0.1) is 5.41 Å². The number of hydrogen-bond acceptors (Lipinski definition) is 2. The average Bonchev–Trinajstić information content (AvgIpc) is 2.96. The first-order valence-electron chi connectivity index (χ1n) is 18.9. The fourth-order valence-corrected chi connectivity index (χ4v) is 6.82. The fraction of sp³-hybridized carbons (Fsp3) is 1.00. The lowest BCUT2D eigenvalue weighted by molar-refractivity contribution is -0.0836. The largest absolute Gasteiger partial charge is 0.390 e. The minimum Gasteiger partial charge on any atom is -0.390 e. The van der Waals surface area contributed by atoms with Crippen molar-refractivity contribution in [1.29, 1.82) is 0 Å². The molecule has 0 saturated heterocycles. The first-order valence-corrected chi connectivity index (χ1v) is 18.9. The third-order valence-corrected chi connectivity index (χ3v) is 9.68. The summed E-state index contributed by atoms with van der Waals surface area (Å²) in [6.07, 6.45) is 38.2. The summed E-state index contributed by atoms with van der Waals surface area (Å²) < 4.78 is 0. The standard InChI is InChI=1S/C38H78O2/c1-5-9-13-17-21-22-23-24-28-32-36(39)37(40)38(33-29-25-18-14-10-6-2,34-30-26-19-15-11-7-3)35-31-27-20-16-12-8-4/h36-37,39-40H,5-35H2,1-4H3. The summed E-state index contributed by atoms with van der Waals surface area (Å²) in [7, 11) is 0. The molecule has 0 aromatic heterocycles. The van der Waals surface area contributed by atoms with E-state index in [2.05, 4.69) is 27.7 Å². The molecule has 0 spiro atoms. The second kappa shape index (κ2) is 30.4. The molecule has 2 heteroatoms. The molecule has 0 aliphatic heterocycles. The highest BCUT2D eigenvalue weighted by molar-refractivity contribution is 4.91. The van der Waals surface area contributed by atoms with Gasteiger partial charge in [0.15, 0.2) is 0 Å². The SMILES string of the molecule is CCCCCCCCCCCC(O)C(O)C(CCCCCCCC)(CCCCCCCC)CCCCCCCC. The number of hydrogen-bond donors (Lipinski definition) is 2. The first kappa shape index (κ1) is 39.9. The highest BCUT2D eigenvalue weighted by Gasteiger charge is 2.40. The molecule has 40 heavy (non-hydrogen) atoms. The van der Waals surface area contributed by atoms with E-state index in [1.54, 1.807) is 0 Å². The Morgan fingerprint density at radius 2 is 0.600 bits per heavy atom. The van der Waals surface area contributed by atoms with Crippen LogP contribution in [0.1, 0.15) is 227 Å². The molecule has 0 heterocycles. The average molecular weight is 567 g/mol. The van der Waals surface area contributed by atoms with E-state index in [1.165, 1.54) is 167 Å². The topological polar surface area (TPSA) is 40.5 Å². The van der Waals surface area contributed by atoms with Gasteiger partial charge >= 0.3 is 0 Å². The lowest BCUT2D eigenvalue weighted by Crippen LogP contribution is -2.43. The van der Waals surface area contributed by atoms with Gasteiger partial charge in [-0.3, -0.25) is 0 Å². The maximum absolute atomic E-state index is 11.8. The molecule has 2 N–H and O–H groups in total. The van der Waals surface area contributed by atoms with Gasteiger partial charge in [0.2, 0.25) is 0 Å². The summed E-state index contributed by atoms with van der Waals surface area (Å²) in [6.45, 7) is 9.15. The lowest BCUT2D eigenvalue weighted by atomic mass is 9.68. The summed E-state index contributed by atoms with van der Waals surface area (Å²) in [5.74, 6) is 0. The van der Waals surface area contributed by atoms with Crippen LogP contribution in [-0.2, 0) is 0 Å². The van der Waals surface area contributed by atoms with Gasteiger partial charge in [0.05, 0.1) is 12.2 Å². The maximum Gasteiger partial charge on any atom is 0.0855 e. The van der Waals surface area contributed by atoms with Crippen LogP contribution in [0.5, 0.6) is 0 Å². The minimum atomic E-state index is -0.552. The van der Waals surface area contributed by atoms with Gasteiger partial charge in [-0.25, -0.2) is 0 Å². The van der Waals surface area contributed by atoms with Crippen LogP contribution in [-0.4, -0.2) is 22.4 Å². The van der Waals surface area contributed by atoms with E-state index in [-0.39, 0.29) is 5.41 Å². The highest BCUT2D eigenvalue weighted by Crippen LogP contribution is 2.42. The molecule has 0 saturated carbocycles. The van der Waals surface area contributed by atoms with Crippen molar-refractivity contribution in [2.75, 3.05) is 0 Å². The molecule has 0 amide bonds. The molecule has 0 aliphatic rings. The smallest absolute Gasteiger partial charge is 0.0855 e. The molecule has 0 aromatic rings. The van der Waals surface area contributed by atoms with Gasteiger partial charge in [-0.1, -0.05) is 201 Å². The van der Waals surface area contributed by atoms with Crippen molar-refractivity contribution < 1.29 is 10.2 Å². The number of aliphatic hydroxyl groups excluding tert-OH is 2. The molecule has 0 radical (unpaired) electrons. The monoisotopic (exact) mass is 567 g/mol. The fourth-order valence-electron chi connectivity index (χ4n) is 6.82. The van der Waals surface area contributed by atoms with Gasteiger partial charge in [0.25, 0.3) is 0 Å². The van der Waals surface area contributed by atoms with Crippen LogP contribution in [0.15, 0.2) is 0 Å². The number of unbranched alkanes of at least 4 members (excludes halogenated alkanes) is 23. The molecule has 0 aliphatic carbocycles. The van der Waals surface area contributed by atoms with Crippen LogP contribution < -0.4 is 0 Å². The normalized spacial score (nSPS) is 13.7. The van der Waals surface area contributed by atoms with E-state index in [0.717, 1.165) is 32.1 Å². The highest BCUT2D eigenvalue weighted by atomic mass is 16.3. The minimum absolute atomic E-state index is 0.0844. The van der Waals surface area contributed by atoms with Crippen molar-refractivity contribution >= 4 is 0 Å². The second-order valence-corrected chi connectivity index (χ2v) is 13.5. The number of rotatable bonds is 33. The lowest BCUT2D eigenvalue weighted by Gasteiger charge is -2.41. The van der Waals surface area contributed by atoms with E-state index in [4.69, 9.17) is 0 Å². The van der Waals surface area contributed by atoms with Gasteiger partial charge in [-0.2, -0.15) is 0 Å². The van der Waals surface area contributed by atoms with Gasteiger partial charge < -0.3 is 10.2 Å². The van der Waals surface area contributed by atoms with E-state index >= 15 is 0 Å². The molecular formula is C38H78O2. The predicted molar refractivity (Wildman–Crippen MR) is 180 cm³/mol. The molecule has 0 aromatic carbocycles. The molecule has 0 bridgehead atoms. The van der Waals surface area contributed by atoms with E-state index in [1.807, 2.05) is 0 Å². The zero-order valence-electron chi connectivity index (χ0n) is 28.5. The van der Waals surface area contributed by atoms with Gasteiger partial charge in [0.1, 0.15) is 0 Å². The predicted octanol–water partition coefficient (Wildman–Crippen LogP) is 12.9. The van der Waals surface area contributed by atoms with Crippen molar-refractivity contribution in [2.24, 2.45) is 5.41 Å². The van der Waals surface area contributed by atoms with Crippen molar-refractivity contribution in [3.63, 3.8) is 0 Å². The van der Waals surface area contributed by atoms with E-state index in [9.17, 15) is 10.2 Å². The van der Waals surface area contributed by atoms with Crippen LogP contribution in [0.3, 0.4) is 0 Å². The summed E-state index contributed by atoms with van der Waals surface area (Å²) in [6, 6.07) is 0. The number of aliphatic hydroxyl groups is 2. The third kappa shape index (κ3) is 22.5. The summed E-state index contributed by atoms with van der Waals surface area (Å²) in [4.78, 5) is 0. The second-order valence-electron chi connectivity index (χ2n) is 13.5. The Labute approximate surface area is 254 Å². The molecule has 0 fully saturated rings. The molecular weight excluding hydrogens is 488 g/mol. The van der Waals surface area contributed by atoms with Crippen LogP contribution in [0.25, 0.3) is 0 Å². The molecule has 242 valence electrons. The van der Waals surface area contributed by atoms with E-state index < -0.39 is 12.2 Å². The van der Waals surface area contributed by atoms with Crippen molar-refractivity contribution in [2.45, 2.75) is 239 Å². The van der Waals surface area contributed by atoms with Crippen LogP contribution in [0.2, 0.25) is 0 Å². The Kier molecular flexibility index (Phi) is 30.3. The van der Waals surface area contributed by atoms with Gasteiger partial charge in [0, 0.05) is 0 Å². The summed E-state index contributed by atoms with van der Waals surface area (Å²) in [5.41, 5.74) is -0.0844.